The van der Waals surface area contributed by atoms with E-state index in [0.717, 1.165) is 35.4 Å². The van der Waals surface area contributed by atoms with Gasteiger partial charge in [-0.3, -0.25) is 4.79 Å². The first-order valence-corrected chi connectivity index (χ1v) is 8.83. The second-order valence-electron chi connectivity index (χ2n) is 6.80. The largest absolute Gasteiger partial charge is 0.494 e. The molecular weight excluding hydrogens is 316 g/mol. The smallest absolute Gasteiger partial charge is 0.226 e. The molecule has 0 bridgehead atoms. The van der Waals surface area contributed by atoms with Crippen LogP contribution in [-0.2, 0) is 4.79 Å². The van der Waals surface area contributed by atoms with Gasteiger partial charge in [-0.1, -0.05) is 26.0 Å². The number of ether oxygens (including phenoxy) is 1. The van der Waals surface area contributed by atoms with E-state index < -0.39 is 0 Å². The van der Waals surface area contributed by atoms with Crippen molar-refractivity contribution in [2.75, 3.05) is 11.9 Å². The number of hydrogen-bond acceptors (Lipinski definition) is 5. The van der Waals surface area contributed by atoms with Crippen molar-refractivity contribution in [2.45, 2.75) is 39.2 Å². The number of rotatable bonds is 4. The summed E-state index contributed by atoms with van der Waals surface area (Å²) in [5.41, 5.74) is 2.83. The Hall–Kier alpha value is -2.63. The van der Waals surface area contributed by atoms with Gasteiger partial charge in [0.1, 0.15) is 18.1 Å². The highest BCUT2D eigenvalue weighted by molar-refractivity contribution is 5.99. The zero-order valence-electron chi connectivity index (χ0n) is 14.5. The number of hydrogen-bond donors (Lipinski definition) is 1. The molecule has 0 radical (unpaired) electrons. The fourth-order valence-corrected chi connectivity index (χ4v) is 3.62. The van der Waals surface area contributed by atoms with Crippen LogP contribution >= 0.6 is 0 Å². The summed E-state index contributed by atoms with van der Waals surface area (Å²) in [7, 11) is 0. The van der Waals surface area contributed by atoms with Crippen molar-refractivity contribution in [2.24, 2.45) is 5.92 Å². The predicted molar refractivity (Wildman–Crippen MR) is 94.4 cm³/mol. The van der Waals surface area contributed by atoms with Gasteiger partial charge in [0.05, 0.1) is 6.61 Å². The number of fused-ring (bicyclic) bond motifs is 1. The number of allylic oxidation sites excluding steroid dienone is 2. The Balaban J connectivity index is 1.75. The van der Waals surface area contributed by atoms with E-state index in [9.17, 15) is 4.79 Å². The number of ketones is 1. The molecule has 1 aromatic carbocycles. The SMILES string of the molecule is CCCOc1ccc(C2C3=C(CC(C)CC3=O)Nc3ncnn32)cc1. The number of aromatic nitrogens is 3. The van der Waals surface area contributed by atoms with Gasteiger partial charge in [0.2, 0.25) is 5.95 Å². The Bertz CT molecular complexity index is 822. The van der Waals surface area contributed by atoms with Crippen molar-refractivity contribution in [3.63, 3.8) is 0 Å². The molecule has 25 heavy (non-hydrogen) atoms. The van der Waals surface area contributed by atoms with Crippen molar-refractivity contribution in [1.29, 1.82) is 0 Å². The molecule has 6 heteroatoms. The number of nitrogens with one attached hydrogen (secondary N) is 1. The van der Waals surface area contributed by atoms with Crippen LogP contribution in [0.1, 0.15) is 44.7 Å². The Morgan fingerprint density at radius 3 is 2.84 bits per heavy atom. The molecule has 2 heterocycles. The normalized spacial score (nSPS) is 22.2. The third kappa shape index (κ3) is 2.81. The molecule has 0 fully saturated rings. The highest BCUT2D eigenvalue weighted by Crippen LogP contribution is 2.41. The molecule has 1 aromatic heterocycles. The minimum absolute atomic E-state index is 0.193. The van der Waals surface area contributed by atoms with E-state index in [0.29, 0.717) is 24.9 Å². The second kappa shape index (κ2) is 6.35. The summed E-state index contributed by atoms with van der Waals surface area (Å²) in [6.07, 6.45) is 3.95. The first kappa shape index (κ1) is 15.9. The summed E-state index contributed by atoms with van der Waals surface area (Å²) in [5, 5.41) is 7.66. The standard InChI is InChI=1S/C19H22N4O2/c1-3-8-25-14-6-4-13(5-7-14)18-17-15(9-12(2)10-16(17)24)22-19-20-11-21-23(18)19/h4-7,11-12,18H,3,8-10H2,1-2H3,(H,20,21,22). The van der Waals surface area contributed by atoms with Crippen LogP contribution in [-0.4, -0.2) is 27.2 Å². The first-order chi connectivity index (χ1) is 12.2. The quantitative estimate of drug-likeness (QED) is 0.926. The van der Waals surface area contributed by atoms with Crippen LogP contribution in [0.5, 0.6) is 5.75 Å². The van der Waals surface area contributed by atoms with Crippen LogP contribution in [0.3, 0.4) is 0 Å². The average Bonchev–Trinajstić information content (AvgIpc) is 3.06. The number of nitrogens with zero attached hydrogens (tertiary/aromatic N) is 3. The van der Waals surface area contributed by atoms with Crippen LogP contribution in [0.2, 0.25) is 0 Å². The number of carbonyl (C=O) groups is 1. The second-order valence-corrected chi connectivity index (χ2v) is 6.80. The minimum atomic E-state index is -0.228. The van der Waals surface area contributed by atoms with Crippen molar-refractivity contribution in [1.82, 2.24) is 14.8 Å². The third-order valence-electron chi connectivity index (χ3n) is 4.73. The monoisotopic (exact) mass is 338 g/mol. The summed E-state index contributed by atoms with van der Waals surface area (Å²) in [6.45, 7) is 4.89. The third-order valence-corrected chi connectivity index (χ3v) is 4.73. The Morgan fingerprint density at radius 2 is 2.08 bits per heavy atom. The highest BCUT2D eigenvalue weighted by Gasteiger charge is 2.37. The molecule has 1 aliphatic heterocycles. The van der Waals surface area contributed by atoms with Crippen LogP contribution < -0.4 is 10.1 Å². The molecule has 4 rings (SSSR count). The number of benzene rings is 1. The van der Waals surface area contributed by atoms with Crippen molar-refractivity contribution in [3.8, 4) is 5.75 Å². The highest BCUT2D eigenvalue weighted by atomic mass is 16.5. The van der Waals surface area contributed by atoms with E-state index in [-0.39, 0.29) is 11.8 Å². The maximum atomic E-state index is 12.8. The molecule has 2 aliphatic rings. The van der Waals surface area contributed by atoms with Crippen molar-refractivity contribution < 1.29 is 9.53 Å². The van der Waals surface area contributed by atoms with Crippen LogP contribution in [0, 0.1) is 5.92 Å². The fraction of sp³-hybridized carbons (Fsp3) is 0.421. The van der Waals surface area contributed by atoms with Gasteiger partial charge in [-0.25, -0.2) is 4.68 Å². The number of anilines is 1. The molecule has 2 unspecified atom stereocenters. The Morgan fingerprint density at radius 1 is 1.28 bits per heavy atom. The van der Waals surface area contributed by atoms with Crippen LogP contribution in [0.15, 0.2) is 41.9 Å². The van der Waals surface area contributed by atoms with Crippen LogP contribution in [0.25, 0.3) is 0 Å². The van der Waals surface area contributed by atoms with Gasteiger partial charge in [0.25, 0.3) is 0 Å². The van der Waals surface area contributed by atoms with Crippen molar-refractivity contribution in [3.05, 3.63) is 47.4 Å². The summed E-state index contributed by atoms with van der Waals surface area (Å²) >= 11 is 0. The van der Waals surface area contributed by atoms with Crippen LogP contribution in [0.4, 0.5) is 5.95 Å². The molecule has 1 N–H and O–H groups in total. The van der Waals surface area contributed by atoms with Gasteiger partial charge in [0, 0.05) is 17.7 Å². The van der Waals surface area contributed by atoms with E-state index in [1.54, 1.807) is 4.68 Å². The lowest BCUT2D eigenvalue weighted by Gasteiger charge is -2.34. The predicted octanol–water partition coefficient (Wildman–Crippen LogP) is 3.33. The number of Topliss-reactive ketones (excluding diaryl/α,β-unsaturated/α-hetero) is 1. The molecule has 2 aromatic rings. The summed E-state index contributed by atoms with van der Waals surface area (Å²) in [5.74, 6) is 2.07. The minimum Gasteiger partial charge on any atom is -0.494 e. The van der Waals surface area contributed by atoms with Gasteiger partial charge in [-0.2, -0.15) is 10.1 Å². The molecule has 130 valence electrons. The lowest BCUT2D eigenvalue weighted by molar-refractivity contribution is -0.117. The molecule has 0 amide bonds. The average molecular weight is 338 g/mol. The zero-order chi connectivity index (χ0) is 17.4. The summed E-state index contributed by atoms with van der Waals surface area (Å²) in [6, 6.07) is 7.72. The summed E-state index contributed by atoms with van der Waals surface area (Å²) in [4.78, 5) is 17.1. The maximum absolute atomic E-state index is 12.8. The Kier molecular flexibility index (Phi) is 4.03. The van der Waals surface area contributed by atoms with Gasteiger partial charge < -0.3 is 10.1 Å². The molecule has 0 saturated heterocycles. The maximum Gasteiger partial charge on any atom is 0.226 e. The lowest BCUT2D eigenvalue weighted by atomic mass is 9.81. The van der Waals surface area contributed by atoms with E-state index in [1.807, 2.05) is 24.3 Å². The molecule has 2 atom stereocenters. The fourth-order valence-electron chi connectivity index (χ4n) is 3.62. The van der Waals surface area contributed by atoms with Gasteiger partial charge in [0.15, 0.2) is 5.78 Å². The summed E-state index contributed by atoms with van der Waals surface area (Å²) < 4.78 is 7.47. The molecule has 1 aliphatic carbocycles. The number of carbonyl (C=O) groups excluding carboxylic acids is 1. The molecular formula is C19H22N4O2. The zero-order valence-corrected chi connectivity index (χ0v) is 14.5. The van der Waals surface area contributed by atoms with Gasteiger partial charge in [-0.05, 0) is 36.5 Å². The van der Waals surface area contributed by atoms with Crippen molar-refractivity contribution >= 4 is 11.7 Å². The first-order valence-electron chi connectivity index (χ1n) is 8.83. The topological polar surface area (TPSA) is 69.0 Å². The molecule has 0 saturated carbocycles. The van der Waals surface area contributed by atoms with E-state index in [2.05, 4.69) is 29.2 Å². The Labute approximate surface area is 146 Å². The van der Waals surface area contributed by atoms with E-state index >= 15 is 0 Å². The lowest BCUT2D eigenvalue weighted by Crippen LogP contribution is -2.33. The molecule has 6 nitrogen and oxygen atoms in total. The van der Waals surface area contributed by atoms with E-state index in [1.165, 1.54) is 6.33 Å². The molecule has 0 spiro atoms. The van der Waals surface area contributed by atoms with Gasteiger partial charge in [-0.15, -0.1) is 0 Å². The van der Waals surface area contributed by atoms with Gasteiger partial charge >= 0.3 is 0 Å². The van der Waals surface area contributed by atoms with E-state index in [4.69, 9.17) is 4.74 Å².